The molecule has 0 atom stereocenters. The largest absolute Gasteiger partial charge is 0.487 e. The van der Waals surface area contributed by atoms with Crippen molar-refractivity contribution in [1.82, 2.24) is 0 Å². The maximum absolute atomic E-state index is 10.9. The highest BCUT2D eigenvalue weighted by atomic mass is 32.2. The second-order valence-electron chi connectivity index (χ2n) is 4.26. The summed E-state index contributed by atoms with van der Waals surface area (Å²) in [5, 5.41) is 15.8. The van der Waals surface area contributed by atoms with Gasteiger partial charge in [0.05, 0.1) is 17.3 Å². The van der Waals surface area contributed by atoms with Crippen LogP contribution in [0.3, 0.4) is 0 Å². The molecule has 0 aliphatic heterocycles. The molecule has 106 valence electrons. The van der Waals surface area contributed by atoms with Gasteiger partial charge in [-0.3, -0.25) is 10.1 Å². The van der Waals surface area contributed by atoms with E-state index in [1.54, 1.807) is 19.9 Å². The van der Waals surface area contributed by atoms with Crippen molar-refractivity contribution in [3.63, 3.8) is 0 Å². The van der Waals surface area contributed by atoms with Crippen molar-refractivity contribution in [2.24, 2.45) is 5.14 Å². The Kier molecular flexibility index (Phi) is 4.84. The highest BCUT2D eigenvalue weighted by Gasteiger charge is 2.18. The van der Waals surface area contributed by atoms with Gasteiger partial charge in [-0.05, 0) is 31.4 Å². The van der Waals surface area contributed by atoms with Crippen molar-refractivity contribution in [3.05, 3.63) is 33.4 Å². The number of nitro benzene ring substituents is 1. The minimum atomic E-state index is -3.54. The quantitative estimate of drug-likeness (QED) is 0.481. The van der Waals surface area contributed by atoms with E-state index in [4.69, 9.17) is 9.88 Å². The Labute approximate surface area is 111 Å². The zero-order valence-electron chi connectivity index (χ0n) is 10.8. The summed E-state index contributed by atoms with van der Waals surface area (Å²) in [6, 6.07) is 3.18. The van der Waals surface area contributed by atoms with E-state index >= 15 is 0 Å². The molecule has 0 aliphatic rings. The zero-order chi connectivity index (χ0) is 14.6. The molecule has 0 amide bonds. The molecule has 0 saturated carbocycles. The van der Waals surface area contributed by atoms with Crippen LogP contribution in [0.15, 0.2) is 12.1 Å². The molecular weight excluding hydrogens is 272 g/mol. The van der Waals surface area contributed by atoms with Gasteiger partial charge in [0.2, 0.25) is 10.0 Å². The fraction of sp³-hybridized carbons (Fsp3) is 0.455. The van der Waals surface area contributed by atoms with E-state index in [0.717, 1.165) is 5.56 Å². The van der Waals surface area contributed by atoms with Crippen LogP contribution in [0.4, 0.5) is 5.69 Å². The predicted octanol–water partition coefficient (Wildman–Crippen LogP) is 1.27. The Bertz CT molecular complexity index is 583. The van der Waals surface area contributed by atoms with Crippen molar-refractivity contribution in [3.8, 4) is 5.75 Å². The fourth-order valence-corrected chi connectivity index (χ4v) is 2.21. The number of nitro groups is 1. The smallest absolute Gasteiger partial charge is 0.311 e. The van der Waals surface area contributed by atoms with Gasteiger partial charge in [0.15, 0.2) is 5.75 Å². The second kappa shape index (κ2) is 5.98. The van der Waals surface area contributed by atoms with Gasteiger partial charge in [-0.2, -0.15) is 0 Å². The molecule has 1 rings (SSSR count). The Morgan fingerprint density at radius 3 is 2.53 bits per heavy atom. The molecule has 2 N–H and O–H groups in total. The number of aryl methyl sites for hydroxylation is 2. The van der Waals surface area contributed by atoms with E-state index < -0.39 is 14.9 Å². The molecule has 0 aliphatic carbocycles. The lowest BCUT2D eigenvalue weighted by Crippen LogP contribution is -2.18. The summed E-state index contributed by atoms with van der Waals surface area (Å²) in [7, 11) is -3.54. The number of nitrogens with zero attached hydrogens (tertiary/aromatic N) is 1. The Morgan fingerprint density at radius 2 is 2.00 bits per heavy atom. The Hall–Kier alpha value is -1.67. The minimum absolute atomic E-state index is 0.0567. The first-order valence-corrected chi connectivity index (χ1v) is 7.31. The summed E-state index contributed by atoms with van der Waals surface area (Å²) in [5.41, 5.74) is 1.29. The van der Waals surface area contributed by atoms with Crippen molar-refractivity contribution < 1.29 is 18.1 Å². The average molecular weight is 288 g/mol. The summed E-state index contributed by atoms with van der Waals surface area (Å²) < 4.78 is 26.8. The molecule has 7 nitrogen and oxygen atoms in total. The summed E-state index contributed by atoms with van der Waals surface area (Å²) >= 11 is 0. The third-order valence-corrected chi connectivity index (χ3v) is 3.27. The van der Waals surface area contributed by atoms with E-state index in [2.05, 4.69) is 0 Å². The third kappa shape index (κ3) is 4.84. The molecule has 0 radical (unpaired) electrons. The molecule has 0 saturated heterocycles. The standard InChI is InChI=1S/C11H16N2O5S/c1-8-6-9(2)11(10(7-8)13(14)15)18-4-3-5-19(12,16)17/h6-7H,3-5H2,1-2H3,(H2,12,16,17). The number of primary sulfonamides is 1. The van der Waals surface area contributed by atoms with Gasteiger partial charge in [-0.25, -0.2) is 13.6 Å². The van der Waals surface area contributed by atoms with Crippen molar-refractivity contribution in [2.75, 3.05) is 12.4 Å². The van der Waals surface area contributed by atoms with E-state index in [1.807, 2.05) is 0 Å². The monoisotopic (exact) mass is 288 g/mol. The molecular formula is C11H16N2O5S. The number of nitrogens with two attached hydrogens (primary N) is 1. The van der Waals surface area contributed by atoms with Gasteiger partial charge < -0.3 is 4.74 Å². The van der Waals surface area contributed by atoms with Crippen LogP contribution in [0.1, 0.15) is 17.5 Å². The number of rotatable bonds is 6. The topological polar surface area (TPSA) is 113 Å². The number of benzene rings is 1. The molecule has 0 spiro atoms. The van der Waals surface area contributed by atoms with Gasteiger partial charge in [-0.1, -0.05) is 6.07 Å². The first kappa shape index (κ1) is 15.4. The van der Waals surface area contributed by atoms with Crippen LogP contribution in [0.25, 0.3) is 0 Å². The molecule has 0 bridgehead atoms. The molecule has 0 unspecified atom stereocenters. The number of ether oxygens (including phenoxy) is 1. The van der Waals surface area contributed by atoms with Crippen LogP contribution in [0, 0.1) is 24.0 Å². The second-order valence-corrected chi connectivity index (χ2v) is 5.99. The maximum atomic E-state index is 10.9. The third-order valence-electron chi connectivity index (χ3n) is 2.42. The molecule has 0 aromatic heterocycles. The lowest BCUT2D eigenvalue weighted by atomic mass is 10.1. The maximum Gasteiger partial charge on any atom is 0.311 e. The summed E-state index contributed by atoms with van der Waals surface area (Å²) in [4.78, 5) is 10.4. The SMILES string of the molecule is Cc1cc(C)c(OCCCS(N)(=O)=O)c([N+](=O)[O-])c1. The number of hydrogen-bond acceptors (Lipinski definition) is 5. The fourth-order valence-electron chi connectivity index (χ4n) is 1.69. The minimum Gasteiger partial charge on any atom is -0.487 e. The van der Waals surface area contributed by atoms with Crippen molar-refractivity contribution in [1.29, 1.82) is 0 Å². The summed E-state index contributed by atoms with van der Waals surface area (Å²) in [6.45, 7) is 3.51. The van der Waals surface area contributed by atoms with Crippen LogP contribution in [0.5, 0.6) is 5.75 Å². The lowest BCUT2D eigenvalue weighted by molar-refractivity contribution is -0.386. The van der Waals surface area contributed by atoms with Crippen LogP contribution < -0.4 is 9.88 Å². The molecule has 0 heterocycles. The predicted molar refractivity (Wildman–Crippen MR) is 70.7 cm³/mol. The molecule has 8 heteroatoms. The van der Waals surface area contributed by atoms with Gasteiger partial charge in [0.1, 0.15) is 0 Å². The number of sulfonamides is 1. The van der Waals surface area contributed by atoms with Crippen LogP contribution in [-0.4, -0.2) is 25.7 Å². The number of hydrogen-bond donors (Lipinski definition) is 1. The van der Waals surface area contributed by atoms with Gasteiger partial charge in [0, 0.05) is 6.07 Å². The molecule has 1 aromatic carbocycles. The summed E-state index contributed by atoms with van der Waals surface area (Å²) in [6.07, 6.45) is 0.184. The van der Waals surface area contributed by atoms with Crippen molar-refractivity contribution in [2.45, 2.75) is 20.3 Å². The van der Waals surface area contributed by atoms with Crippen molar-refractivity contribution >= 4 is 15.7 Å². The highest BCUT2D eigenvalue weighted by molar-refractivity contribution is 7.89. The van der Waals surface area contributed by atoms with Gasteiger partial charge in [-0.15, -0.1) is 0 Å². The molecule has 1 aromatic rings. The van der Waals surface area contributed by atoms with E-state index in [1.165, 1.54) is 6.07 Å². The highest BCUT2D eigenvalue weighted by Crippen LogP contribution is 2.32. The first-order chi connectivity index (χ1) is 8.70. The van der Waals surface area contributed by atoms with Gasteiger partial charge >= 0.3 is 5.69 Å². The zero-order valence-corrected chi connectivity index (χ0v) is 11.6. The summed E-state index contributed by atoms with van der Waals surface area (Å²) in [5.74, 6) is -0.0452. The Morgan fingerprint density at radius 1 is 1.37 bits per heavy atom. The van der Waals surface area contributed by atoms with E-state index in [0.29, 0.717) is 5.56 Å². The van der Waals surface area contributed by atoms with Crippen LogP contribution in [0.2, 0.25) is 0 Å². The first-order valence-electron chi connectivity index (χ1n) is 5.59. The molecule has 19 heavy (non-hydrogen) atoms. The van der Waals surface area contributed by atoms with Crippen LogP contribution in [-0.2, 0) is 10.0 Å². The van der Waals surface area contributed by atoms with E-state index in [-0.39, 0.29) is 30.2 Å². The van der Waals surface area contributed by atoms with E-state index in [9.17, 15) is 18.5 Å². The van der Waals surface area contributed by atoms with Crippen LogP contribution >= 0.6 is 0 Å². The lowest BCUT2D eigenvalue weighted by Gasteiger charge is -2.10. The van der Waals surface area contributed by atoms with Gasteiger partial charge in [0.25, 0.3) is 0 Å². The average Bonchev–Trinajstić information content (AvgIpc) is 2.24. The Balaban J connectivity index is 2.80. The molecule has 0 fully saturated rings. The normalized spacial score (nSPS) is 11.3.